The van der Waals surface area contributed by atoms with Crippen LogP contribution in [0.3, 0.4) is 0 Å². The zero-order valence-electron chi connectivity index (χ0n) is 10.6. The van der Waals surface area contributed by atoms with Crippen molar-refractivity contribution in [1.82, 2.24) is 4.98 Å². The van der Waals surface area contributed by atoms with Crippen LogP contribution in [0.5, 0.6) is 11.6 Å². The fourth-order valence-corrected chi connectivity index (χ4v) is 1.69. The largest absolute Gasteiger partial charge is 0.439 e. The molecule has 98 valence electrons. The van der Waals surface area contributed by atoms with Gasteiger partial charge in [-0.3, -0.25) is 4.79 Å². The fraction of sp³-hybridized carbons (Fsp3) is 0.143. The van der Waals surface area contributed by atoms with Gasteiger partial charge in [-0.1, -0.05) is 0 Å². The van der Waals surface area contributed by atoms with Crippen molar-refractivity contribution >= 4 is 5.91 Å². The second-order valence-corrected chi connectivity index (χ2v) is 4.15. The predicted octanol–water partition coefficient (Wildman–Crippen LogP) is 1.74. The maximum absolute atomic E-state index is 11.0. The van der Waals surface area contributed by atoms with Gasteiger partial charge in [-0.2, -0.15) is 0 Å². The molecule has 5 heteroatoms. The maximum atomic E-state index is 11.0. The number of carbonyl (C=O) groups is 1. The van der Waals surface area contributed by atoms with E-state index >= 15 is 0 Å². The first-order valence-electron chi connectivity index (χ1n) is 5.84. The summed E-state index contributed by atoms with van der Waals surface area (Å²) in [6.07, 6.45) is 0. The Labute approximate surface area is 111 Å². The van der Waals surface area contributed by atoms with Crippen LogP contribution in [0, 0.1) is 6.92 Å². The van der Waals surface area contributed by atoms with Gasteiger partial charge in [0.15, 0.2) is 0 Å². The van der Waals surface area contributed by atoms with Crippen molar-refractivity contribution in [2.75, 3.05) is 0 Å². The number of carbonyl (C=O) groups excluding carboxylic acids is 1. The highest BCUT2D eigenvalue weighted by atomic mass is 16.5. The summed E-state index contributed by atoms with van der Waals surface area (Å²) in [5.41, 5.74) is 13.0. The van der Waals surface area contributed by atoms with E-state index in [1.807, 2.05) is 13.0 Å². The molecule has 1 aromatic heterocycles. The van der Waals surface area contributed by atoms with Gasteiger partial charge < -0.3 is 16.2 Å². The minimum Gasteiger partial charge on any atom is -0.439 e. The van der Waals surface area contributed by atoms with E-state index in [2.05, 4.69) is 4.98 Å². The van der Waals surface area contributed by atoms with Crippen LogP contribution in [0.1, 0.15) is 21.6 Å². The van der Waals surface area contributed by atoms with Crippen molar-refractivity contribution in [2.24, 2.45) is 11.5 Å². The average molecular weight is 257 g/mol. The first kappa shape index (κ1) is 13.0. The second kappa shape index (κ2) is 5.49. The average Bonchev–Trinajstić information content (AvgIpc) is 2.38. The molecule has 0 spiro atoms. The highest BCUT2D eigenvalue weighted by molar-refractivity contribution is 5.92. The first-order valence-corrected chi connectivity index (χ1v) is 5.84. The fourth-order valence-electron chi connectivity index (χ4n) is 1.69. The van der Waals surface area contributed by atoms with Crippen LogP contribution in [0.4, 0.5) is 0 Å². The number of primary amides is 1. The molecular weight excluding hydrogens is 242 g/mol. The number of rotatable bonds is 4. The van der Waals surface area contributed by atoms with E-state index < -0.39 is 5.91 Å². The van der Waals surface area contributed by atoms with Gasteiger partial charge in [0.1, 0.15) is 5.75 Å². The Morgan fingerprint density at radius 2 is 1.95 bits per heavy atom. The van der Waals surface area contributed by atoms with Crippen LogP contribution < -0.4 is 16.2 Å². The second-order valence-electron chi connectivity index (χ2n) is 4.15. The first-order chi connectivity index (χ1) is 9.08. The molecule has 0 radical (unpaired) electrons. The van der Waals surface area contributed by atoms with E-state index in [0.29, 0.717) is 23.7 Å². The summed E-state index contributed by atoms with van der Waals surface area (Å²) in [7, 11) is 0. The normalized spacial score (nSPS) is 10.2. The molecular formula is C14H15N3O2. The molecule has 19 heavy (non-hydrogen) atoms. The maximum Gasteiger partial charge on any atom is 0.248 e. The number of pyridine rings is 1. The Morgan fingerprint density at radius 3 is 2.53 bits per heavy atom. The number of hydrogen-bond donors (Lipinski definition) is 2. The molecule has 0 saturated heterocycles. The summed E-state index contributed by atoms with van der Waals surface area (Å²) in [5.74, 6) is 0.601. The summed E-state index contributed by atoms with van der Waals surface area (Å²) < 4.78 is 5.62. The molecule has 0 fully saturated rings. The quantitative estimate of drug-likeness (QED) is 0.872. The number of amides is 1. The Bertz CT molecular complexity index is 594. The summed E-state index contributed by atoms with van der Waals surface area (Å²) in [6.45, 7) is 2.31. The lowest BCUT2D eigenvalue weighted by Crippen LogP contribution is -2.10. The zero-order valence-corrected chi connectivity index (χ0v) is 10.6. The number of hydrogen-bond acceptors (Lipinski definition) is 4. The number of aromatic nitrogens is 1. The Kier molecular flexibility index (Phi) is 3.77. The molecule has 1 heterocycles. The van der Waals surface area contributed by atoms with Gasteiger partial charge in [0.05, 0.1) is 0 Å². The molecule has 0 bridgehead atoms. The third-order valence-electron chi connectivity index (χ3n) is 2.59. The van der Waals surface area contributed by atoms with Gasteiger partial charge in [-0.15, -0.1) is 0 Å². The molecule has 0 unspecified atom stereocenters. The lowest BCUT2D eigenvalue weighted by atomic mass is 10.2. The number of aryl methyl sites for hydroxylation is 1. The van der Waals surface area contributed by atoms with Crippen LogP contribution in [-0.4, -0.2) is 10.9 Å². The SMILES string of the molecule is Cc1cc(CN)cc(Oc2ccc(C(N)=O)cc2)n1. The topological polar surface area (TPSA) is 91.2 Å². The molecule has 0 aliphatic heterocycles. The van der Waals surface area contributed by atoms with E-state index in [-0.39, 0.29) is 0 Å². The van der Waals surface area contributed by atoms with Gasteiger partial charge >= 0.3 is 0 Å². The van der Waals surface area contributed by atoms with Gasteiger partial charge in [-0.25, -0.2) is 4.98 Å². The summed E-state index contributed by atoms with van der Waals surface area (Å²) in [4.78, 5) is 15.2. The van der Waals surface area contributed by atoms with E-state index in [9.17, 15) is 4.79 Å². The molecule has 2 aromatic rings. The van der Waals surface area contributed by atoms with Crippen molar-refractivity contribution in [3.05, 3.63) is 53.2 Å². The van der Waals surface area contributed by atoms with E-state index in [0.717, 1.165) is 11.3 Å². The molecule has 0 saturated carbocycles. The van der Waals surface area contributed by atoms with Gasteiger partial charge in [-0.05, 0) is 42.8 Å². The van der Waals surface area contributed by atoms with Gasteiger partial charge in [0.25, 0.3) is 0 Å². The molecule has 5 nitrogen and oxygen atoms in total. The third-order valence-corrected chi connectivity index (χ3v) is 2.59. The minimum atomic E-state index is -0.467. The number of nitrogens with two attached hydrogens (primary N) is 2. The Hall–Kier alpha value is -2.40. The van der Waals surface area contributed by atoms with Crippen LogP contribution in [-0.2, 0) is 6.54 Å². The molecule has 0 atom stereocenters. The van der Waals surface area contributed by atoms with Crippen LogP contribution in [0.2, 0.25) is 0 Å². The number of ether oxygens (including phenoxy) is 1. The van der Waals surface area contributed by atoms with Crippen molar-refractivity contribution in [3.63, 3.8) is 0 Å². The van der Waals surface area contributed by atoms with Crippen LogP contribution >= 0.6 is 0 Å². The molecule has 0 aliphatic rings. The lowest BCUT2D eigenvalue weighted by molar-refractivity contribution is 0.100. The van der Waals surface area contributed by atoms with Crippen molar-refractivity contribution in [3.8, 4) is 11.6 Å². The number of benzene rings is 1. The van der Waals surface area contributed by atoms with Crippen LogP contribution in [0.25, 0.3) is 0 Å². The molecule has 1 aromatic carbocycles. The predicted molar refractivity (Wildman–Crippen MR) is 71.9 cm³/mol. The monoisotopic (exact) mass is 257 g/mol. The molecule has 1 amide bonds. The van der Waals surface area contributed by atoms with Crippen LogP contribution in [0.15, 0.2) is 36.4 Å². The smallest absolute Gasteiger partial charge is 0.248 e. The van der Waals surface area contributed by atoms with E-state index in [4.69, 9.17) is 16.2 Å². The van der Waals surface area contributed by atoms with E-state index in [1.165, 1.54) is 0 Å². The zero-order chi connectivity index (χ0) is 13.8. The van der Waals surface area contributed by atoms with Crippen molar-refractivity contribution in [1.29, 1.82) is 0 Å². The summed E-state index contributed by atoms with van der Waals surface area (Å²) in [6, 6.07) is 10.3. The molecule has 4 N–H and O–H groups in total. The molecule has 0 aliphatic carbocycles. The third kappa shape index (κ3) is 3.29. The standard InChI is InChI=1S/C14H15N3O2/c1-9-6-10(8-15)7-13(17-9)19-12-4-2-11(3-5-12)14(16)18/h2-7H,8,15H2,1H3,(H2,16,18). The summed E-state index contributed by atoms with van der Waals surface area (Å²) in [5, 5.41) is 0. The van der Waals surface area contributed by atoms with Gasteiger partial charge in [0, 0.05) is 23.9 Å². The van der Waals surface area contributed by atoms with E-state index in [1.54, 1.807) is 30.3 Å². The highest BCUT2D eigenvalue weighted by Crippen LogP contribution is 2.21. The lowest BCUT2D eigenvalue weighted by Gasteiger charge is -2.07. The summed E-state index contributed by atoms with van der Waals surface area (Å²) >= 11 is 0. The number of nitrogens with zero attached hydrogens (tertiary/aromatic N) is 1. The van der Waals surface area contributed by atoms with Gasteiger partial charge in [0.2, 0.25) is 11.8 Å². The van der Waals surface area contributed by atoms with Crippen molar-refractivity contribution < 1.29 is 9.53 Å². The van der Waals surface area contributed by atoms with Crippen molar-refractivity contribution in [2.45, 2.75) is 13.5 Å². The minimum absolute atomic E-state index is 0.431. The molecule has 2 rings (SSSR count). The Balaban J connectivity index is 2.21. The highest BCUT2D eigenvalue weighted by Gasteiger charge is 2.04. The Morgan fingerprint density at radius 1 is 1.26 bits per heavy atom.